The van der Waals surface area contributed by atoms with Gasteiger partial charge in [0.25, 0.3) is 12.4 Å². The number of para-hydroxylation sites is 1. The standard InChI is InChI=1S/C22H29N3O4.CH2O2/c1-15-13-18-5-4-6-19(21(18)29-15)22(27)25-8-7-24(16(2)17(25)3)14-20(26)23-9-11-28-12-10-23;2-1-3/h4-6,13,16-17H,7-12,14H2,1-3H3;1H,(H,2,3)/t16-,17-;/m1./s1. The van der Waals surface area contributed by atoms with Crippen LogP contribution in [0.25, 0.3) is 11.0 Å². The minimum Gasteiger partial charge on any atom is -0.483 e. The number of hydrogen-bond acceptors (Lipinski definition) is 6. The van der Waals surface area contributed by atoms with E-state index in [1.807, 2.05) is 41.0 Å². The van der Waals surface area contributed by atoms with Gasteiger partial charge in [0.2, 0.25) is 5.91 Å². The Labute approximate surface area is 187 Å². The summed E-state index contributed by atoms with van der Waals surface area (Å²) >= 11 is 0. The Hall–Kier alpha value is -2.91. The summed E-state index contributed by atoms with van der Waals surface area (Å²) in [6, 6.07) is 7.74. The molecule has 2 aliphatic rings. The Bertz CT molecular complexity index is 952. The first kappa shape index (κ1) is 23.7. The highest BCUT2D eigenvalue weighted by atomic mass is 16.5. The van der Waals surface area contributed by atoms with Gasteiger partial charge in [-0.2, -0.15) is 0 Å². The number of aryl methyl sites for hydroxylation is 1. The second-order valence-corrected chi connectivity index (χ2v) is 8.13. The average Bonchev–Trinajstić information content (AvgIpc) is 3.18. The highest BCUT2D eigenvalue weighted by molar-refractivity contribution is 6.05. The number of fused-ring (bicyclic) bond motifs is 1. The number of rotatable bonds is 3. The lowest BCUT2D eigenvalue weighted by atomic mass is 10.0. The van der Waals surface area contributed by atoms with Crippen LogP contribution in [0.15, 0.2) is 28.7 Å². The third-order valence-electron chi connectivity index (χ3n) is 6.25. The first-order chi connectivity index (χ1) is 15.4. The molecular weight excluding hydrogens is 414 g/mol. The van der Waals surface area contributed by atoms with E-state index in [1.165, 1.54) is 0 Å². The average molecular weight is 446 g/mol. The molecule has 4 rings (SSSR count). The molecule has 0 saturated carbocycles. The first-order valence-electron chi connectivity index (χ1n) is 10.8. The van der Waals surface area contributed by atoms with Gasteiger partial charge in [-0.05, 0) is 32.9 Å². The molecule has 0 spiro atoms. The molecule has 174 valence electrons. The largest absolute Gasteiger partial charge is 0.483 e. The Morgan fingerprint density at radius 3 is 2.50 bits per heavy atom. The smallest absolute Gasteiger partial charge is 0.290 e. The molecule has 0 radical (unpaired) electrons. The maximum atomic E-state index is 13.3. The Balaban J connectivity index is 0.000000913. The quantitative estimate of drug-likeness (QED) is 0.719. The van der Waals surface area contributed by atoms with Gasteiger partial charge in [0.1, 0.15) is 11.3 Å². The Morgan fingerprint density at radius 2 is 1.81 bits per heavy atom. The SMILES string of the molecule is Cc1cc2cccc(C(=O)N3CCN(CC(=O)N4CCOCC4)[C@H](C)[C@H]3C)c2o1.O=CO. The van der Waals surface area contributed by atoms with E-state index >= 15 is 0 Å². The summed E-state index contributed by atoms with van der Waals surface area (Å²) in [5.74, 6) is 0.930. The monoisotopic (exact) mass is 445 g/mol. The molecule has 3 heterocycles. The maximum absolute atomic E-state index is 13.3. The zero-order valence-corrected chi connectivity index (χ0v) is 18.8. The zero-order chi connectivity index (χ0) is 23.3. The molecule has 2 fully saturated rings. The number of carboxylic acid groups (broad SMARTS) is 1. The van der Waals surface area contributed by atoms with Gasteiger partial charge >= 0.3 is 0 Å². The highest BCUT2D eigenvalue weighted by Gasteiger charge is 2.36. The number of carbonyl (C=O) groups is 3. The Morgan fingerprint density at radius 1 is 1.12 bits per heavy atom. The number of piperazine rings is 1. The molecular formula is C23H31N3O6. The molecule has 9 heteroatoms. The molecule has 0 unspecified atom stereocenters. The van der Waals surface area contributed by atoms with E-state index in [0.717, 1.165) is 11.1 Å². The number of nitrogens with zero attached hydrogens (tertiary/aromatic N) is 3. The number of amides is 2. The fourth-order valence-electron chi connectivity index (χ4n) is 4.32. The first-order valence-corrected chi connectivity index (χ1v) is 10.8. The number of ether oxygens (including phenoxy) is 1. The summed E-state index contributed by atoms with van der Waals surface area (Å²) in [5, 5.41) is 7.84. The number of furan rings is 1. The van der Waals surface area contributed by atoms with Crippen LogP contribution in [0.1, 0.15) is 30.0 Å². The van der Waals surface area contributed by atoms with Gasteiger partial charge in [0.15, 0.2) is 0 Å². The van der Waals surface area contributed by atoms with Crippen molar-refractivity contribution in [2.24, 2.45) is 0 Å². The number of carbonyl (C=O) groups excluding carboxylic acids is 2. The lowest BCUT2D eigenvalue weighted by molar-refractivity contribution is -0.137. The van der Waals surface area contributed by atoms with Crippen LogP contribution in [0.2, 0.25) is 0 Å². The lowest BCUT2D eigenvalue weighted by Gasteiger charge is -2.45. The molecule has 2 aliphatic heterocycles. The van der Waals surface area contributed by atoms with Crippen molar-refractivity contribution in [3.05, 3.63) is 35.6 Å². The number of hydrogen-bond donors (Lipinski definition) is 1. The lowest BCUT2D eigenvalue weighted by Crippen LogP contribution is -2.60. The van der Waals surface area contributed by atoms with Crippen molar-refractivity contribution in [3.63, 3.8) is 0 Å². The topological polar surface area (TPSA) is 104 Å². The van der Waals surface area contributed by atoms with Crippen molar-refractivity contribution in [1.82, 2.24) is 14.7 Å². The number of benzene rings is 1. The van der Waals surface area contributed by atoms with Gasteiger partial charge in [-0.1, -0.05) is 12.1 Å². The van der Waals surface area contributed by atoms with E-state index in [2.05, 4.69) is 18.7 Å². The van der Waals surface area contributed by atoms with E-state index in [4.69, 9.17) is 19.1 Å². The van der Waals surface area contributed by atoms with Gasteiger partial charge in [0.05, 0.1) is 25.3 Å². The maximum Gasteiger partial charge on any atom is 0.290 e. The van der Waals surface area contributed by atoms with E-state index in [9.17, 15) is 9.59 Å². The van der Waals surface area contributed by atoms with Crippen LogP contribution < -0.4 is 0 Å². The Kier molecular flexibility index (Phi) is 7.87. The summed E-state index contributed by atoms with van der Waals surface area (Å²) in [5.41, 5.74) is 1.26. The molecule has 0 aliphatic carbocycles. The molecule has 2 aromatic rings. The molecule has 1 aromatic heterocycles. The van der Waals surface area contributed by atoms with E-state index in [0.29, 0.717) is 57.1 Å². The molecule has 1 aromatic carbocycles. The molecule has 0 bridgehead atoms. The van der Waals surface area contributed by atoms with Gasteiger partial charge in [-0.25, -0.2) is 0 Å². The van der Waals surface area contributed by atoms with E-state index in [-0.39, 0.29) is 30.4 Å². The summed E-state index contributed by atoms with van der Waals surface area (Å²) in [6.07, 6.45) is 0. The van der Waals surface area contributed by atoms with Gasteiger partial charge in [0, 0.05) is 43.6 Å². The minimum atomic E-state index is -0.250. The highest BCUT2D eigenvalue weighted by Crippen LogP contribution is 2.26. The molecule has 2 amide bonds. The van der Waals surface area contributed by atoms with E-state index in [1.54, 1.807) is 0 Å². The van der Waals surface area contributed by atoms with Gasteiger partial charge < -0.3 is 24.1 Å². The van der Waals surface area contributed by atoms with Crippen LogP contribution in [-0.2, 0) is 14.3 Å². The van der Waals surface area contributed by atoms with Crippen molar-refractivity contribution in [2.45, 2.75) is 32.9 Å². The van der Waals surface area contributed by atoms with Crippen LogP contribution in [0, 0.1) is 6.92 Å². The number of morpholine rings is 1. The van der Waals surface area contributed by atoms with Crippen molar-refractivity contribution in [3.8, 4) is 0 Å². The van der Waals surface area contributed by atoms with Crippen molar-refractivity contribution < 1.29 is 28.6 Å². The van der Waals surface area contributed by atoms with Crippen LogP contribution in [0.5, 0.6) is 0 Å². The molecule has 9 nitrogen and oxygen atoms in total. The second kappa shape index (κ2) is 10.6. The normalized spacial score (nSPS) is 21.7. The van der Waals surface area contributed by atoms with Gasteiger partial charge in [-0.15, -0.1) is 0 Å². The summed E-state index contributed by atoms with van der Waals surface area (Å²) in [6.45, 7) is 9.99. The fourth-order valence-corrected chi connectivity index (χ4v) is 4.32. The second-order valence-electron chi connectivity index (χ2n) is 8.13. The predicted molar refractivity (Wildman–Crippen MR) is 119 cm³/mol. The van der Waals surface area contributed by atoms with E-state index < -0.39 is 0 Å². The van der Waals surface area contributed by atoms with Crippen LogP contribution in [-0.4, -0.2) is 96.1 Å². The van der Waals surface area contributed by atoms with Crippen LogP contribution in [0.4, 0.5) is 0 Å². The fraction of sp³-hybridized carbons (Fsp3) is 0.522. The predicted octanol–water partition coefficient (Wildman–Crippen LogP) is 1.84. The third kappa shape index (κ3) is 5.11. The zero-order valence-electron chi connectivity index (χ0n) is 18.8. The molecule has 2 saturated heterocycles. The summed E-state index contributed by atoms with van der Waals surface area (Å²) in [4.78, 5) is 40.3. The van der Waals surface area contributed by atoms with Crippen molar-refractivity contribution in [2.75, 3.05) is 45.9 Å². The molecule has 1 N–H and O–H groups in total. The summed E-state index contributed by atoms with van der Waals surface area (Å²) in [7, 11) is 0. The van der Waals surface area contributed by atoms with Crippen molar-refractivity contribution in [1.29, 1.82) is 0 Å². The van der Waals surface area contributed by atoms with Crippen LogP contribution in [0.3, 0.4) is 0 Å². The van der Waals surface area contributed by atoms with Gasteiger partial charge in [-0.3, -0.25) is 19.3 Å². The minimum absolute atomic E-state index is 0.0000504. The molecule has 32 heavy (non-hydrogen) atoms. The van der Waals surface area contributed by atoms with Crippen LogP contribution >= 0.6 is 0 Å². The molecule has 2 atom stereocenters. The summed E-state index contributed by atoms with van der Waals surface area (Å²) < 4.78 is 11.1. The van der Waals surface area contributed by atoms with Crippen molar-refractivity contribution >= 4 is 29.3 Å². The third-order valence-corrected chi connectivity index (χ3v) is 6.25.